The van der Waals surface area contributed by atoms with Crippen molar-refractivity contribution in [3.05, 3.63) is 35.6 Å². The van der Waals surface area contributed by atoms with Crippen LogP contribution in [0.2, 0.25) is 0 Å². The van der Waals surface area contributed by atoms with Crippen LogP contribution in [0.15, 0.2) is 24.3 Å². The molecule has 0 spiro atoms. The number of halogens is 1. The summed E-state index contributed by atoms with van der Waals surface area (Å²) in [6, 6.07) is 5.74. The second-order valence-electron chi connectivity index (χ2n) is 4.56. The number of benzene rings is 1. The topological polar surface area (TPSA) is 58.4 Å². The monoisotopic (exact) mass is 253 g/mol. The second kappa shape index (κ2) is 6.47. The van der Waals surface area contributed by atoms with Gasteiger partial charge < -0.3 is 16.0 Å². The third kappa shape index (κ3) is 4.09. The van der Waals surface area contributed by atoms with Crippen molar-refractivity contribution in [1.82, 2.24) is 10.2 Å². The Morgan fingerprint density at radius 2 is 1.94 bits per heavy atom. The molecule has 0 saturated carbocycles. The van der Waals surface area contributed by atoms with Crippen LogP contribution in [-0.2, 0) is 4.79 Å². The van der Waals surface area contributed by atoms with Crippen molar-refractivity contribution < 1.29 is 9.18 Å². The van der Waals surface area contributed by atoms with Crippen molar-refractivity contribution in [3.8, 4) is 0 Å². The van der Waals surface area contributed by atoms with Crippen LogP contribution in [-0.4, -0.2) is 37.5 Å². The lowest BCUT2D eigenvalue weighted by Gasteiger charge is -2.25. The molecule has 0 fully saturated rings. The zero-order chi connectivity index (χ0) is 13.7. The van der Waals surface area contributed by atoms with Gasteiger partial charge in [-0.3, -0.25) is 4.79 Å². The van der Waals surface area contributed by atoms with Gasteiger partial charge in [-0.2, -0.15) is 0 Å². The maximum atomic E-state index is 12.9. The molecule has 4 nitrogen and oxygen atoms in total. The van der Waals surface area contributed by atoms with Crippen LogP contribution in [0, 0.1) is 5.82 Å². The van der Waals surface area contributed by atoms with E-state index in [1.54, 1.807) is 19.1 Å². The van der Waals surface area contributed by atoms with E-state index in [1.807, 2.05) is 19.0 Å². The van der Waals surface area contributed by atoms with E-state index < -0.39 is 6.04 Å². The maximum absolute atomic E-state index is 12.9. The van der Waals surface area contributed by atoms with E-state index in [1.165, 1.54) is 12.1 Å². The number of hydrogen-bond acceptors (Lipinski definition) is 3. The van der Waals surface area contributed by atoms with Crippen molar-refractivity contribution >= 4 is 5.91 Å². The molecule has 5 heteroatoms. The number of carbonyl (C=O) groups is 1. The van der Waals surface area contributed by atoms with E-state index in [4.69, 9.17) is 5.73 Å². The fourth-order valence-electron chi connectivity index (χ4n) is 1.64. The van der Waals surface area contributed by atoms with Gasteiger partial charge in [-0.05, 0) is 38.7 Å². The Morgan fingerprint density at radius 3 is 2.39 bits per heavy atom. The van der Waals surface area contributed by atoms with Crippen LogP contribution in [0.25, 0.3) is 0 Å². The van der Waals surface area contributed by atoms with Gasteiger partial charge >= 0.3 is 0 Å². The summed E-state index contributed by atoms with van der Waals surface area (Å²) >= 11 is 0. The number of likely N-dealkylation sites (N-methyl/N-ethyl adjacent to an activating group) is 1. The van der Waals surface area contributed by atoms with Crippen LogP contribution in [0.4, 0.5) is 4.39 Å². The van der Waals surface area contributed by atoms with E-state index in [2.05, 4.69) is 5.32 Å². The molecule has 18 heavy (non-hydrogen) atoms. The lowest BCUT2D eigenvalue weighted by atomic mass is 10.1. The Kier molecular flexibility index (Phi) is 5.25. The van der Waals surface area contributed by atoms with Crippen molar-refractivity contribution in [2.45, 2.75) is 19.0 Å². The Bertz CT molecular complexity index is 390. The largest absolute Gasteiger partial charge is 0.353 e. The van der Waals surface area contributed by atoms with Gasteiger partial charge in [-0.1, -0.05) is 12.1 Å². The average Bonchev–Trinajstić information content (AvgIpc) is 2.30. The van der Waals surface area contributed by atoms with Crippen LogP contribution in [0.1, 0.15) is 18.5 Å². The number of amides is 1. The highest BCUT2D eigenvalue weighted by molar-refractivity contribution is 5.80. The molecule has 0 aliphatic carbocycles. The molecular formula is C13H20FN3O. The molecular weight excluding hydrogens is 233 g/mol. The maximum Gasteiger partial charge on any atom is 0.236 e. The first-order valence-corrected chi connectivity index (χ1v) is 5.87. The van der Waals surface area contributed by atoms with E-state index >= 15 is 0 Å². The van der Waals surface area contributed by atoms with E-state index in [0.29, 0.717) is 6.54 Å². The van der Waals surface area contributed by atoms with Crippen LogP contribution in [0.3, 0.4) is 0 Å². The fourth-order valence-corrected chi connectivity index (χ4v) is 1.64. The van der Waals surface area contributed by atoms with Crippen LogP contribution in [0.5, 0.6) is 0 Å². The first-order chi connectivity index (χ1) is 8.41. The molecule has 1 amide bonds. The number of nitrogens with one attached hydrogen (secondary N) is 1. The minimum Gasteiger partial charge on any atom is -0.353 e. The summed E-state index contributed by atoms with van der Waals surface area (Å²) in [6.45, 7) is 2.08. The first-order valence-electron chi connectivity index (χ1n) is 5.87. The fraction of sp³-hybridized carbons (Fsp3) is 0.462. The Morgan fingerprint density at radius 1 is 1.39 bits per heavy atom. The zero-order valence-electron chi connectivity index (χ0n) is 11.0. The summed E-state index contributed by atoms with van der Waals surface area (Å²) in [5.41, 5.74) is 6.43. The number of nitrogens with zero attached hydrogens (tertiary/aromatic N) is 1. The molecule has 1 aromatic carbocycles. The zero-order valence-corrected chi connectivity index (χ0v) is 11.0. The molecule has 1 aromatic rings. The molecule has 0 radical (unpaired) electrons. The van der Waals surface area contributed by atoms with Crippen molar-refractivity contribution in [3.63, 3.8) is 0 Å². The third-order valence-corrected chi connectivity index (χ3v) is 2.76. The minimum absolute atomic E-state index is 0.00620. The van der Waals surface area contributed by atoms with Gasteiger partial charge in [0.15, 0.2) is 0 Å². The normalized spacial score (nSPS) is 14.3. The number of carbonyl (C=O) groups excluding carboxylic acids is 1. The molecule has 2 atom stereocenters. The molecule has 0 aliphatic rings. The van der Waals surface area contributed by atoms with Gasteiger partial charge in [0.25, 0.3) is 0 Å². The summed E-state index contributed by atoms with van der Waals surface area (Å²) in [7, 11) is 3.82. The highest BCUT2D eigenvalue weighted by Crippen LogP contribution is 2.17. The quantitative estimate of drug-likeness (QED) is 0.819. The minimum atomic E-state index is -0.527. The lowest BCUT2D eigenvalue weighted by molar-refractivity contribution is -0.122. The summed E-state index contributed by atoms with van der Waals surface area (Å²) in [4.78, 5) is 13.4. The van der Waals surface area contributed by atoms with E-state index in [0.717, 1.165) is 5.56 Å². The van der Waals surface area contributed by atoms with E-state index in [-0.39, 0.29) is 17.8 Å². The first kappa shape index (κ1) is 14.6. The molecule has 0 saturated heterocycles. The summed E-state index contributed by atoms with van der Waals surface area (Å²) in [5, 5.41) is 2.78. The van der Waals surface area contributed by atoms with Crippen molar-refractivity contribution in [2.24, 2.45) is 5.73 Å². The highest BCUT2D eigenvalue weighted by Gasteiger charge is 2.16. The summed E-state index contributed by atoms with van der Waals surface area (Å²) in [6.07, 6.45) is 0. The molecule has 0 aromatic heterocycles. The number of nitrogens with two attached hydrogens (primary N) is 1. The van der Waals surface area contributed by atoms with Crippen molar-refractivity contribution in [1.29, 1.82) is 0 Å². The molecule has 1 rings (SSSR count). The Labute approximate surface area is 107 Å². The number of hydrogen-bond donors (Lipinski definition) is 2. The van der Waals surface area contributed by atoms with Crippen molar-refractivity contribution in [2.75, 3.05) is 20.6 Å². The predicted molar refractivity (Wildman–Crippen MR) is 69.5 cm³/mol. The Hall–Kier alpha value is -1.46. The summed E-state index contributed by atoms with van der Waals surface area (Å²) < 4.78 is 12.9. The summed E-state index contributed by atoms with van der Waals surface area (Å²) in [5.74, 6) is -0.458. The van der Waals surface area contributed by atoms with Crippen LogP contribution >= 0.6 is 0 Å². The van der Waals surface area contributed by atoms with Crippen LogP contribution < -0.4 is 11.1 Å². The van der Waals surface area contributed by atoms with Gasteiger partial charge in [0.05, 0.1) is 12.1 Å². The van der Waals surface area contributed by atoms with Gasteiger partial charge in [0.2, 0.25) is 5.91 Å². The molecule has 100 valence electrons. The smallest absolute Gasteiger partial charge is 0.236 e. The standard InChI is InChI=1S/C13H20FN3O/c1-9(15)13(18)16-8-12(17(2)3)10-4-6-11(14)7-5-10/h4-7,9,12H,8,15H2,1-3H3,(H,16,18)/t9-,12?/m1/s1. The third-order valence-electron chi connectivity index (χ3n) is 2.76. The van der Waals surface area contributed by atoms with Gasteiger partial charge in [0.1, 0.15) is 5.82 Å². The average molecular weight is 253 g/mol. The molecule has 0 heterocycles. The number of rotatable bonds is 5. The molecule has 0 bridgehead atoms. The second-order valence-corrected chi connectivity index (χ2v) is 4.56. The molecule has 3 N–H and O–H groups in total. The lowest BCUT2D eigenvalue weighted by Crippen LogP contribution is -2.42. The molecule has 0 aliphatic heterocycles. The molecule has 1 unspecified atom stereocenters. The predicted octanol–water partition coefficient (Wildman–Crippen LogP) is 0.892. The van der Waals surface area contributed by atoms with E-state index in [9.17, 15) is 9.18 Å². The highest BCUT2D eigenvalue weighted by atomic mass is 19.1. The Balaban J connectivity index is 2.72. The van der Waals surface area contributed by atoms with Gasteiger partial charge in [-0.15, -0.1) is 0 Å². The van der Waals surface area contributed by atoms with Gasteiger partial charge in [0, 0.05) is 6.54 Å². The SMILES string of the molecule is C[C@@H](N)C(=O)NCC(c1ccc(F)cc1)N(C)C. The van der Waals surface area contributed by atoms with Gasteiger partial charge in [-0.25, -0.2) is 4.39 Å².